The van der Waals surface area contributed by atoms with E-state index in [1.807, 2.05) is 0 Å². The highest BCUT2D eigenvalue weighted by molar-refractivity contribution is 8.13. The minimum Gasteiger partial charge on any atom is -0.464 e. The Bertz CT molecular complexity index is 778. The van der Waals surface area contributed by atoms with E-state index >= 15 is 0 Å². The summed E-state index contributed by atoms with van der Waals surface area (Å²) in [5.74, 6) is -1.99. The molecule has 0 radical (unpaired) electrons. The van der Waals surface area contributed by atoms with Gasteiger partial charge >= 0.3 is 5.97 Å². The topological polar surface area (TPSA) is 142 Å². The van der Waals surface area contributed by atoms with Gasteiger partial charge in [0.25, 0.3) is 0 Å². The summed E-state index contributed by atoms with van der Waals surface area (Å²) >= 11 is 1.80. The molecule has 0 bridgehead atoms. The molecule has 0 aromatic heterocycles. The molecule has 2 N–H and O–H groups in total. The number of esters is 1. The molecule has 3 unspecified atom stereocenters. The van der Waals surface area contributed by atoms with Gasteiger partial charge in [-0.25, -0.2) is 4.79 Å². The van der Waals surface area contributed by atoms with Crippen LogP contribution in [0, 0.1) is 0 Å². The van der Waals surface area contributed by atoms with Crippen LogP contribution in [-0.2, 0) is 33.5 Å². The molecule has 1 rings (SSSR count). The number of rotatable bonds is 12. The molecule has 1 fully saturated rings. The SMILES string of the molecule is CCOC(=O)C(CSC(C)=O)NC(=O)C1CCCN1C(=O)C(CSC(C)=O)NC(=O)CN(C)C. The van der Waals surface area contributed by atoms with Crippen LogP contribution in [0.25, 0.3) is 0 Å². The van der Waals surface area contributed by atoms with Crippen molar-refractivity contribution in [3.05, 3.63) is 0 Å². The molecule has 3 amide bonds. The molecule has 13 heteroatoms. The van der Waals surface area contributed by atoms with Crippen molar-refractivity contribution in [1.82, 2.24) is 20.4 Å². The summed E-state index contributed by atoms with van der Waals surface area (Å²) in [5, 5.41) is 4.86. The second-order valence-electron chi connectivity index (χ2n) is 7.97. The Hall–Kier alpha value is -2.12. The van der Waals surface area contributed by atoms with Crippen molar-refractivity contribution < 1.29 is 33.5 Å². The molecule has 1 heterocycles. The number of likely N-dealkylation sites (tertiary alicyclic amines) is 1. The minimum atomic E-state index is -1.04. The van der Waals surface area contributed by atoms with E-state index in [-0.39, 0.29) is 40.8 Å². The number of hydrogen-bond acceptors (Lipinski definition) is 10. The first kappa shape index (κ1) is 29.9. The van der Waals surface area contributed by atoms with E-state index in [9.17, 15) is 28.8 Å². The van der Waals surface area contributed by atoms with Gasteiger partial charge < -0.3 is 25.2 Å². The predicted molar refractivity (Wildman–Crippen MR) is 130 cm³/mol. The van der Waals surface area contributed by atoms with Crippen LogP contribution in [-0.4, -0.2) is 107 Å². The van der Waals surface area contributed by atoms with E-state index in [1.165, 1.54) is 18.7 Å². The van der Waals surface area contributed by atoms with Gasteiger partial charge in [0.05, 0.1) is 13.2 Å². The molecule has 34 heavy (non-hydrogen) atoms. The van der Waals surface area contributed by atoms with Crippen LogP contribution in [0.5, 0.6) is 0 Å². The quantitative estimate of drug-likeness (QED) is 0.329. The summed E-state index contributed by atoms with van der Waals surface area (Å²) in [6.45, 7) is 4.84. The molecule has 0 spiro atoms. The van der Waals surface area contributed by atoms with Gasteiger partial charge in [-0.2, -0.15) is 0 Å². The minimum absolute atomic E-state index is 0.0129. The van der Waals surface area contributed by atoms with Crippen LogP contribution in [0.4, 0.5) is 0 Å². The second kappa shape index (κ2) is 15.0. The molecule has 0 aromatic carbocycles. The first-order chi connectivity index (χ1) is 16.0. The van der Waals surface area contributed by atoms with Gasteiger partial charge in [-0.1, -0.05) is 23.5 Å². The summed E-state index contributed by atoms with van der Waals surface area (Å²) in [5.41, 5.74) is 0. The molecular formula is C21H34N4O7S2. The normalized spacial score (nSPS) is 17.1. The van der Waals surface area contributed by atoms with Gasteiger partial charge in [0, 0.05) is 31.9 Å². The molecule has 0 saturated carbocycles. The van der Waals surface area contributed by atoms with Gasteiger partial charge in [-0.3, -0.25) is 24.0 Å². The van der Waals surface area contributed by atoms with Crippen molar-refractivity contribution in [2.75, 3.05) is 45.3 Å². The standard InChI is InChI=1S/C21H34N4O7S2/c1-6-32-21(31)16(12-34-14(3)27)23-19(29)17-8-7-9-25(17)20(30)15(11-33-13(2)26)22-18(28)10-24(4)5/h15-17H,6-12H2,1-5H3,(H,22,28)(H,23,29). The fourth-order valence-electron chi connectivity index (χ4n) is 3.29. The van der Waals surface area contributed by atoms with E-state index in [0.717, 1.165) is 23.5 Å². The van der Waals surface area contributed by atoms with Crippen molar-refractivity contribution in [2.45, 2.75) is 51.7 Å². The lowest BCUT2D eigenvalue weighted by Gasteiger charge is -2.29. The van der Waals surface area contributed by atoms with Crippen LogP contribution in [0.1, 0.15) is 33.6 Å². The average molecular weight is 519 g/mol. The highest BCUT2D eigenvalue weighted by atomic mass is 32.2. The molecule has 192 valence electrons. The number of nitrogens with one attached hydrogen (secondary N) is 2. The van der Waals surface area contributed by atoms with Gasteiger partial charge in [0.2, 0.25) is 17.7 Å². The zero-order valence-corrected chi connectivity index (χ0v) is 21.9. The van der Waals surface area contributed by atoms with Gasteiger partial charge in [-0.15, -0.1) is 0 Å². The van der Waals surface area contributed by atoms with E-state index in [0.29, 0.717) is 19.4 Å². The summed E-state index contributed by atoms with van der Waals surface area (Å²) in [4.78, 5) is 76.7. The van der Waals surface area contributed by atoms with E-state index in [1.54, 1.807) is 25.9 Å². The zero-order chi connectivity index (χ0) is 25.8. The largest absolute Gasteiger partial charge is 0.464 e. The molecule has 0 aliphatic carbocycles. The molecular weight excluding hydrogens is 484 g/mol. The Morgan fingerprint density at radius 1 is 1.00 bits per heavy atom. The molecule has 1 aliphatic heterocycles. The van der Waals surface area contributed by atoms with Gasteiger partial charge in [0.15, 0.2) is 10.2 Å². The van der Waals surface area contributed by atoms with Crippen LogP contribution in [0.2, 0.25) is 0 Å². The van der Waals surface area contributed by atoms with Crippen molar-refractivity contribution in [3.8, 4) is 0 Å². The summed E-state index contributed by atoms with van der Waals surface area (Å²) in [6.07, 6.45) is 0.944. The summed E-state index contributed by atoms with van der Waals surface area (Å²) < 4.78 is 5.00. The van der Waals surface area contributed by atoms with Crippen LogP contribution in [0.3, 0.4) is 0 Å². The summed E-state index contributed by atoms with van der Waals surface area (Å²) in [7, 11) is 3.43. The maximum Gasteiger partial charge on any atom is 0.329 e. The van der Waals surface area contributed by atoms with E-state index in [4.69, 9.17) is 4.74 Å². The number of nitrogens with zero attached hydrogens (tertiary/aromatic N) is 2. The number of carbonyl (C=O) groups excluding carboxylic acids is 6. The molecule has 0 aromatic rings. The van der Waals surface area contributed by atoms with Crippen LogP contribution >= 0.6 is 23.5 Å². The average Bonchev–Trinajstić information content (AvgIpc) is 3.22. The highest BCUT2D eigenvalue weighted by Crippen LogP contribution is 2.20. The number of hydrogen-bond donors (Lipinski definition) is 2. The highest BCUT2D eigenvalue weighted by Gasteiger charge is 2.39. The van der Waals surface area contributed by atoms with Crippen molar-refractivity contribution in [2.24, 2.45) is 0 Å². The Labute approximate surface area is 208 Å². The smallest absolute Gasteiger partial charge is 0.329 e. The number of ether oxygens (including phenoxy) is 1. The third-order valence-corrected chi connectivity index (χ3v) is 6.54. The second-order valence-corrected chi connectivity index (χ2v) is 10.4. The molecule has 1 aliphatic rings. The lowest BCUT2D eigenvalue weighted by Crippen LogP contribution is -2.57. The predicted octanol–water partition coefficient (Wildman–Crippen LogP) is -0.369. The fourth-order valence-corrected chi connectivity index (χ4v) is 4.53. The van der Waals surface area contributed by atoms with Gasteiger partial charge in [0.1, 0.15) is 18.1 Å². The van der Waals surface area contributed by atoms with E-state index < -0.39 is 35.9 Å². The third kappa shape index (κ3) is 10.4. The third-order valence-electron chi connectivity index (χ3n) is 4.73. The summed E-state index contributed by atoms with van der Waals surface area (Å²) in [6, 6.07) is -2.87. The van der Waals surface area contributed by atoms with Crippen LogP contribution in [0.15, 0.2) is 0 Å². The number of carbonyl (C=O) groups is 6. The maximum absolute atomic E-state index is 13.3. The molecule has 3 atom stereocenters. The van der Waals surface area contributed by atoms with Crippen molar-refractivity contribution >= 4 is 57.4 Å². The number of likely N-dealkylation sites (N-methyl/N-ethyl adjacent to an activating group) is 1. The van der Waals surface area contributed by atoms with Crippen LogP contribution < -0.4 is 10.6 Å². The lowest BCUT2D eigenvalue weighted by molar-refractivity contribution is -0.148. The maximum atomic E-state index is 13.3. The zero-order valence-electron chi connectivity index (χ0n) is 20.3. The Morgan fingerprint density at radius 2 is 1.59 bits per heavy atom. The monoisotopic (exact) mass is 518 g/mol. The number of thioether (sulfide) groups is 2. The Kier molecular flexibility index (Phi) is 13.2. The van der Waals surface area contributed by atoms with E-state index in [2.05, 4.69) is 10.6 Å². The number of amides is 3. The lowest BCUT2D eigenvalue weighted by atomic mass is 10.1. The Morgan fingerprint density at radius 3 is 2.12 bits per heavy atom. The first-order valence-corrected chi connectivity index (χ1v) is 12.9. The Balaban J connectivity index is 2.97. The van der Waals surface area contributed by atoms with Gasteiger partial charge in [-0.05, 0) is 33.9 Å². The fraction of sp³-hybridized carbons (Fsp3) is 0.714. The molecule has 11 nitrogen and oxygen atoms in total. The molecule has 1 saturated heterocycles. The first-order valence-electron chi connectivity index (χ1n) is 10.9. The van der Waals surface area contributed by atoms with Crippen molar-refractivity contribution in [1.29, 1.82) is 0 Å². The van der Waals surface area contributed by atoms with Crippen molar-refractivity contribution in [3.63, 3.8) is 0 Å².